The molecule has 1 fully saturated rings. The molecule has 38 heavy (non-hydrogen) atoms. The number of aromatic nitrogens is 1. The molecule has 2 heterocycles. The lowest BCUT2D eigenvalue weighted by Gasteiger charge is -2.28. The number of ether oxygens (including phenoxy) is 2. The zero-order valence-electron chi connectivity index (χ0n) is 21.6. The van der Waals surface area contributed by atoms with Gasteiger partial charge in [0.2, 0.25) is 5.91 Å². The van der Waals surface area contributed by atoms with Crippen molar-refractivity contribution in [1.82, 2.24) is 9.88 Å². The number of imide groups is 1. The van der Waals surface area contributed by atoms with E-state index in [4.69, 9.17) is 9.47 Å². The molecule has 8 nitrogen and oxygen atoms in total. The van der Waals surface area contributed by atoms with E-state index in [2.05, 4.69) is 4.98 Å². The van der Waals surface area contributed by atoms with Gasteiger partial charge in [0.25, 0.3) is 11.8 Å². The summed E-state index contributed by atoms with van der Waals surface area (Å²) in [5.74, 6) is -0.201. The number of anilines is 1. The predicted molar refractivity (Wildman–Crippen MR) is 145 cm³/mol. The highest BCUT2D eigenvalue weighted by Crippen LogP contribution is 2.31. The second-order valence-corrected chi connectivity index (χ2v) is 9.30. The third-order valence-corrected chi connectivity index (χ3v) is 6.98. The van der Waals surface area contributed by atoms with Crippen molar-refractivity contribution in [3.63, 3.8) is 0 Å². The number of hydrogen-bond donors (Lipinski definition) is 1. The number of rotatable bonds is 8. The molecule has 1 aromatic heterocycles. The molecule has 1 aliphatic rings. The normalized spacial score (nSPS) is 15.2. The van der Waals surface area contributed by atoms with Crippen LogP contribution < -0.4 is 14.4 Å². The van der Waals surface area contributed by atoms with Crippen LogP contribution in [0.1, 0.15) is 27.9 Å². The van der Waals surface area contributed by atoms with Crippen molar-refractivity contribution in [2.24, 2.45) is 0 Å². The number of aryl methyl sites for hydroxylation is 1. The van der Waals surface area contributed by atoms with Crippen molar-refractivity contribution < 1.29 is 23.9 Å². The molecule has 1 N–H and O–H groups in total. The maximum absolute atomic E-state index is 13.9. The van der Waals surface area contributed by atoms with E-state index in [9.17, 15) is 14.4 Å². The van der Waals surface area contributed by atoms with Crippen LogP contribution in [0.3, 0.4) is 0 Å². The van der Waals surface area contributed by atoms with Crippen LogP contribution in [-0.4, -0.2) is 54.4 Å². The first-order valence-corrected chi connectivity index (χ1v) is 12.4. The van der Waals surface area contributed by atoms with E-state index in [1.807, 2.05) is 49.5 Å². The van der Waals surface area contributed by atoms with Gasteiger partial charge in [0.1, 0.15) is 6.04 Å². The summed E-state index contributed by atoms with van der Waals surface area (Å²) in [5, 5.41) is 1.06. The van der Waals surface area contributed by atoms with Gasteiger partial charge in [0, 0.05) is 29.2 Å². The summed E-state index contributed by atoms with van der Waals surface area (Å²) >= 11 is 0. The number of carbonyl (C=O) groups is 3. The molecule has 4 aromatic rings. The molecule has 5 rings (SSSR count). The number of hydrogen-bond acceptors (Lipinski definition) is 5. The van der Waals surface area contributed by atoms with Gasteiger partial charge in [-0.15, -0.1) is 0 Å². The van der Waals surface area contributed by atoms with Crippen LogP contribution in [-0.2, 0) is 16.0 Å². The Balaban J connectivity index is 1.48. The summed E-state index contributed by atoms with van der Waals surface area (Å²) in [7, 11) is 3.02. The number of carbonyl (C=O) groups excluding carboxylic acids is 3. The van der Waals surface area contributed by atoms with E-state index in [-0.39, 0.29) is 24.8 Å². The number of aromatic amines is 1. The van der Waals surface area contributed by atoms with Crippen molar-refractivity contribution in [1.29, 1.82) is 0 Å². The van der Waals surface area contributed by atoms with Crippen molar-refractivity contribution >= 4 is 34.3 Å². The quantitative estimate of drug-likeness (QED) is 0.352. The van der Waals surface area contributed by atoms with Crippen LogP contribution in [0.5, 0.6) is 11.5 Å². The smallest absolute Gasteiger partial charge is 0.257 e. The van der Waals surface area contributed by atoms with Crippen LogP contribution in [0.2, 0.25) is 0 Å². The maximum Gasteiger partial charge on any atom is 0.257 e. The molecular weight excluding hydrogens is 482 g/mol. The first-order valence-electron chi connectivity index (χ1n) is 12.4. The zero-order valence-corrected chi connectivity index (χ0v) is 21.6. The molecule has 3 amide bonds. The fraction of sp³-hybridized carbons (Fsp3) is 0.233. The van der Waals surface area contributed by atoms with Crippen LogP contribution in [0, 0.1) is 6.92 Å². The number of amides is 3. The van der Waals surface area contributed by atoms with Crippen LogP contribution >= 0.6 is 0 Å². The number of fused-ring (bicyclic) bond motifs is 1. The average molecular weight is 512 g/mol. The second-order valence-electron chi connectivity index (χ2n) is 9.30. The minimum atomic E-state index is -0.922. The van der Waals surface area contributed by atoms with E-state index in [1.54, 1.807) is 30.3 Å². The monoisotopic (exact) mass is 511 g/mol. The van der Waals surface area contributed by atoms with Gasteiger partial charge in [-0.25, -0.2) is 4.90 Å². The average Bonchev–Trinajstić information content (AvgIpc) is 3.48. The number of benzene rings is 3. The third-order valence-electron chi connectivity index (χ3n) is 6.98. The van der Waals surface area contributed by atoms with Gasteiger partial charge in [-0.05, 0) is 55.3 Å². The van der Waals surface area contributed by atoms with Gasteiger partial charge in [-0.3, -0.25) is 14.4 Å². The van der Waals surface area contributed by atoms with E-state index in [0.717, 1.165) is 22.0 Å². The molecule has 1 saturated heterocycles. The Morgan fingerprint density at radius 3 is 2.47 bits per heavy atom. The number of H-pyrrole nitrogens is 1. The lowest BCUT2D eigenvalue weighted by atomic mass is 10.1. The summed E-state index contributed by atoms with van der Waals surface area (Å²) in [4.78, 5) is 46.6. The highest BCUT2D eigenvalue weighted by molar-refractivity contribution is 6.23. The first-order chi connectivity index (χ1) is 18.4. The van der Waals surface area contributed by atoms with E-state index >= 15 is 0 Å². The number of nitrogens with zero attached hydrogens (tertiary/aromatic N) is 2. The largest absolute Gasteiger partial charge is 0.493 e. The third kappa shape index (κ3) is 4.61. The molecule has 1 atom stereocenters. The van der Waals surface area contributed by atoms with Gasteiger partial charge >= 0.3 is 0 Å². The van der Waals surface area contributed by atoms with Crippen molar-refractivity contribution in [3.05, 3.63) is 89.6 Å². The number of nitrogens with one attached hydrogen (secondary N) is 1. The predicted octanol–water partition coefficient (Wildman–Crippen LogP) is 4.51. The highest BCUT2D eigenvalue weighted by Gasteiger charge is 2.44. The van der Waals surface area contributed by atoms with Gasteiger partial charge in [0.15, 0.2) is 11.5 Å². The van der Waals surface area contributed by atoms with E-state index < -0.39 is 11.9 Å². The standard InChI is InChI=1S/C30H29N3O5/c1-19-8-11-22(12-9-19)33-28(34)17-25(30(33)36)32(15-14-21-18-31-24-7-5-4-6-23(21)24)29(35)20-10-13-26(37-2)27(16-20)38-3/h4-13,16,18,25,31H,14-15,17H2,1-3H3. The molecule has 3 aromatic carbocycles. The summed E-state index contributed by atoms with van der Waals surface area (Å²) in [5.41, 5.74) is 3.89. The molecule has 8 heteroatoms. The molecule has 1 aliphatic heterocycles. The fourth-order valence-corrected chi connectivity index (χ4v) is 4.94. The lowest BCUT2D eigenvalue weighted by molar-refractivity contribution is -0.122. The number of para-hydroxylation sites is 1. The molecule has 0 saturated carbocycles. The van der Waals surface area contributed by atoms with Crippen molar-refractivity contribution in [2.45, 2.75) is 25.8 Å². The van der Waals surface area contributed by atoms with E-state index in [0.29, 0.717) is 29.2 Å². The first kappa shape index (κ1) is 25.1. The Morgan fingerprint density at radius 1 is 1.00 bits per heavy atom. The minimum Gasteiger partial charge on any atom is -0.493 e. The van der Waals surface area contributed by atoms with Crippen molar-refractivity contribution in [2.75, 3.05) is 25.7 Å². The second kappa shape index (κ2) is 10.4. The molecule has 0 radical (unpaired) electrons. The summed E-state index contributed by atoms with van der Waals surface area (Å²) in [6.45, 7) is 2.19. The molecule has 0 spiro atoms. The van der Waals surface area contributed by atoms with Gasteiger partial charge in [-0.1, -0.05) is 35.9 Å². The van der Waals surface area contributed by atoms with Crippen LogP contribution in [0.4, 0.5) is 5.69 Å². The Hall–Kier alpha value is -4.59. The Morgan fingerprint density at radius 2 is 1.74 bits per heavy atom. The molecule has 0 aliphatic carbocycles. The highest BCUT2D eigenvalue weighted by atomic mass is 16.5. The molecule has 0 bridgehead atoms. The van der Waals surface area contributed by atoms with Gasteiger partial charge in [-0.2, -0.15) is 0 Å². The van der Waals surface area contributed by atoms with Crippen LogP contribution in [0.15, 0.2) is 72.9 Å². The van der Waals surface area contributed by atoms with E-state index in [1.165, 1.54) is 24.0 Å². The molecule has 1 unspecified atom stereocenters. The Labute approximate surface area is 220 Å². The topological polar surface area (TPSA) is 91.9 Å². The maximum atomic E-state index is 13.9. The summed E-state index contributed by atoms with van der Waals surface area (Å²) in [6.07, 6.45) is 2.34. The fourth-order valence-electron chi connectivity index (χ4n) is 4.94. The Bertz CT molecular complexity index is 1510. The minimum absolute atomic E-state index is 0.0837. The Kier molecular flexibility index (Phi) is 6.87. The van der Waals surface area contributed by atoms with Gasteiger partial charge in [0.05, 0.1) is 26.3 Å². The lowest BCUT2D eigenvalue weighted by Crippen LogP contribution is -2.46. The molecular formula is C30H29N3O5. The molecule has 194 valence electrons. The summed E-state index contributed by atoms with van der Waals surface area (Å²) in [6, 6.07) is 19.1. The number of methoxy groups -OCH3 is 2. The summed E-state index contributed by atoms with van der Waals surface area (Å²) < 4.78 is 10.7. The van der Waals surface area contributed by atoms with Gasteiger partial charge < -0.3 is 19.4 Å². The van der Waals surface area contributed by atoms with Crippen molar-refractivity contribution in [3.8, 4) is 11.5 Å². The zero-order chi connectivity index (χ0) is 26.8. The van der Waals surface area contributed by atoms with Crippen LogP contribution in [0.25, 0.3) is 10.9 Å². The SMILES string of the molecule is COc1ccc(C(=O)N(CCc2c[nH]c3ccccc23)C2CC(=O)N(c3ccc(C)cc3)C2=O)cc1OC.